The maximum atomic E-state index is 12.8. The fourth-order valence-corrected chi connectivity index (χ4v) is 4.18. The van der Waals surface area contributed by atoms with Crippen molar-refractivity contribution in [2.75, 3.05) is 0 Å². The molecule has 0 saturated carbocycles. The van der Waals surface area contributed by atoms with Crippen LogP contribution in [0.3, 0.4) is 0 Å². The van der Waals surface area contributed by atoms with E-state index in [4.69, 9.17) is 11.6 Å². The van der Waals surface area contributed by atoms with E-state index in [9.17, 15) is 18.0 Å². The van der Waals surface area contributed by atoms with Crippen LogP contribution in [0, 0.1) is 6.92 Å². The lowest BCUT2D eigenvalue weighted by atomic mass is 10.1. The first-order chi connectivity index (χ1) is 12.4. The van der Waals surface area contributed by atoms with Crippen LogP contribution in [-0.2, 0) is 19.6 Å². The third-order valence-corrected chi connectivity index (χ3v) is 5.48. The summed E-state index contributed by atoms with van der Waals surface area (Å²) in [6.45, 7) is 8.93. The van der Waals surface area contributed by atoms with Gasteiger partial charge in [0, 0.05) is 18.5 Å². The molecule has 2 amide bonds. The summed E-state index contributed by atoms with van der Waals surface area (Å²) >= 11 is 6.03. The SMILES string of the molecule is Cc1ccc(Cl)c(S(=O)(=O)N[C@@H](CCC(=O)NC(C)C)C(=O)NC(C)C)c1. The number of benzene rings is 1. The maximum Gasteiger partial charge on any atom is 0.242 e. The Morgan fingerprint density at radius 2 is 1.67 bits per heavy atom. The Morgan fingerprint density at radius 1 is 1.07 bits per heavy atom. The van der Waals surface area contributed by atoms with E-state index in [1.807, 2.05) is 13.8 Å². The summed E-state index contributed by atoms with van der Waals surface area (Å²) in [4.78, 5) is 24.2. The van der Waals surface area contributed by atoms with Crippen molar-refractivity contribution in [3.05, 3.63) is 28.8 Å². The van der Waals surface area contributed by atoms with Crippen molar-refractivity contribution < 1.29 is 18.0 Å². The molecular weight excluding hydrogens is 390 g/mol. The predicted octanol–water partition coefficient (Wildman–Crippen LogP) is 2.12. The topological polar surface area (TPSA) is 104 Å². The quantitative estimate of drug-likeness (QED) is 0.572. The zero-order valence-electron chi connectivity index (χ0n) is 16.3. The van der Waals surface area contributed by atoms with Gasteiger partial charge in [-0.05, 0) is 58.7 Å². The Kier molecular flexibility index (Phi) is 8.71. The number of halogens is 1. The normalized spacial score (nSPS) is 12.9. The van der Waals surface area contributed by atoms with Crippen molar-refractivity contribution in [2.45, 2.75) is 70.5 Å². The maximum absolute atomic E-state index is 12.8. The van der Waals surface area contributed by atoms with Gasteiger partial charge in [0.05, 0.1) is 5.02 Å². The van der Waals surface area contributed by atoms with Gasteiger partial charge in [-0.2, -0.15) is 4.72 Å². The lowest BCUT2D eigenvalue weighted by Gasteiger charge is -2.20. The number of hydrogen-bond acceptors (Lipinski definition) is 4. The van der Waals surface area contributed by atoms with Crippen molar-refractivity contribution in [1.82, 2.24) is 15.4 Å². The molecule has 0 saturated heterocycles. The number of carbonyl (C=O) groups is 2. The molecule has 0 unspecified atom stereocenters. The van der Waals surface area contributed by atoms with Crippen molar-refractivity contribution in [1.29, 1.82) is 0 Å². The summed E-state index contributed by atoms with van der Waals surface area (Å²) in [5.41, 5.74) is 0.722. The smallest absolute Gasteiger partial charge is 0.242 e. The van der Waals surface area contributed by atoms with Gasteiger partial charge < -0.3 is 10.6 Å². The molecule has 0 radical (unpaired) electrons. The van der Waals surface area contributed by atoms with Gasteiger partial charge in [0.1, 0.15) is 10.9 Å². The molecule has 0 aliphatic heterocycles. The Balaban J connectivity index is 3.02. The molecule has 0 aliphatic carbocycles. The minimum Gasteiger partial charge on any atom is -0.354 e. The zero-order valence-corrected chi connectivity index (χ0v) is 17.9. The van der Waals surface area contributed by atoms with E-state index in [0.717, 1.165) is 5.56 Å². The predicted molar refractivity (Wildman–Crippen MR) is 106 cm³/mol. The molecule has 1 rings (SSSR count). The third-order valence-electron chi connectivity index (χ3n) is 3.53. The molecule has 0 aromatic heterocycles. The van der Waals surface area contributed by atoms with Gasteiger partial charge >= 0.3 is 0 Å². The van der Waals surface area contributed by atoms with E-state index in [2.05, 4.69) is 15.4 Å². The number of carbonyl (C=O) groups excluding carboxylic acids is 2. The molecule has 1 atom stereocenters. The lowest BCUT2D eigenvalue weighted by Crippen LogP contribution is -2.49. The highest BCUT2D eigenvalue weighted by Gasteiger charge is 2.28. The minimum atomic E-state index is -4.04. The van der Waals surface area contributed by atoms with Gasteiger partial charge in [-0.3, -0.25) is 9.59 Å². The van der Waals surface area contributed by atoms with Crippen LogP contribution in [0.1, 0.15) is 46.1 Å². The fourth-order valence-electron chi connectivity index (χ4n) is 2.37. The summed E-state index contributed by atoms with van der Waals surface area (Å²) in [6, 6.07) is 3.32. The van der Waals surface area contributed by atoms with Crippen molar-refractivity contribution >= 4 is 33.4 Å². The van der Waals surface area contributed by atoms with Gasteiger partial charge in [-0.15, -0.1) is 0 Å². The van der Waals surface area contributed by atoms with E-state index in [0.29, 0.717) is 0 Å². The van der Waals surface area contributed by atoms with Crippen molar-refractivity contribution in [3.8, 4) is 0 Å². The van der Waals surface area contributed by atoms with Gasteiger partial charge in [0.25, 0.3) is 0 Å². The summed E-state index contributed by atoms with van der Waals surface area (Å²) < 4.78 is 27.9. The molecule has 0 aliphatic rings. The molecule has 1 aromatic rings. The summed E-state index contributed by atoms with van der Waals surface area (Å²) in [5.74, 6) is -0.741. The van der Waals surface area contributed by atoms with E-state index in [1.54, 1.807) is 26.8 Å². The molecule has 9 heteroatoms. The molecule has 0 heterocycles. The third kappa shape index (κ3) is 7.86. The van der Waals surface area contributed by atoms with Gasteiger partial charge in [0.15, 0.2) is 0 Å². The minimum absolute atomic E-state index is 0.0123. The average molecular weight is 418 g/mol. The standard InChI is InChI=1S/C18H28ClN3O4S/c1-11(2)20-17(23)9-8-15(18(24)21-12(3)4)22-27(25,26)16-10-13(5)6-7-14(16)19/h6-7,10-12,15,22H,8-9H2,1-5H3,(H,20,23)(H,21,24)/t15-/m0/s1. The lowest BCUT2D eigenvalue weighted by molar-refractivity contribution is -0.124. The largest absolute Gasteiger partial charge is 0.354 e. The van der Waals surface area contributed by atoms with Crippen LogP contribution in [0.4, 0.5) is 0 Å². The summed E-state index contributed by atoms with van der Waals surface area (Å²) in [7, 11) is -4.04. The van der Waals surface area contributed by atoms with E-state index < -0.39 is 22.0 Å². The van der Waals surface area contributed by atoms with Crippen LogP contribution < -0.4 is 15.4 Å². The van der Waals surface area contributed by atoms with Gasteiger partial charge in [-0.25, -0.2) is 8.42 Å². The first-order valence-electron chi connectivity index (χ1n) is 8.80. The Hall–Kier alpha value is -1.64. The molecule has 3 N–H and O–H groups in total. The Labute approximate surface area is 166 Å². The van der Waals surface area contributed by atoms with Crippen LogP contribution in [0.25, 0.3) is 0 Å². The highest BCUT2D eigenvalue weighted by Crippen LogP contribution is 2.23. The zero-order chi connectivity index (χ0) is 20.8. The molecule has 1 aromatic carbocycles. The molecular formula is C18H28ClN3O4S. The summed E-state index contributed by atoms with van der Waals surface area (Å²) in [6.07, 6.45) is 0.0399. The van der Waals surface area contributed by atoms with Crippen molar-refractivity contribution in [2.24, 2.45) is 0 Å². The summed E-state index contributed by atoms with van der Waals surface area (Å²) in [5, 5.41) is 5.46. The second-order valence-electron chi connectivity index (χ2n) is 7.03. The molecule has 27 heavy (non-hydrogen) atoms. The monoisotopic (exact) mass is 417 g/mol. The van der Waals surface area contributed by atoms with Crippen molar-refractivity contribution in [3.63, 3.8) is 0 Å². The number of rotatable bonds is 9. The molecule has 152 valence electrons. The van der Waals surface area contributed by atoms with Crippen LogP contribution in [-0.4, -0.2) is 38.4 Å². The van der Waals surface area contributed by atoms with Crippen LogP contribution in [0.5, 0.6) is 0 Å². The number of sulfonamides is 1. The molecule has 0 bridgehead atoms. The van der Waals surface area contributed by atoms with Gasteiger partial charge in [0.2, 0.25) is 21.8 Å². The number of aryl methyl sites for hydroxylation is 1. The molecule has 0 fully saturated rings. The second kappa shape index (κ2) is 10.1. The molecule has 7 nitrogen and oxygen atoms in total. The first kappa shape index (κ1) is 23.4. The second-order valence-corrected chi connectivity index (χ2v) is 9.12. The highest BCUT2D eigenvalue weighted by molar-refractivity contribution is 7.89. The van der Waals surface area contributed by atoms with E-state index in [1.165, 1.54) is 12.1 Å². The first-order valence-corrected chi connectivity index (χ1v) is 10.7. The highest BCUT2D eigenvalue weighted by atomic mass is 35.5. The fraction of sp³-hybridized carbons (Fsp3) is 0.556. The van der Waals surface area contributed by atoms with Crippen LogP contribution >= 0.6 is 11.6 Å². The van der Waals surface area contributed by atoms with Gasteiger partial charge in [-0.1, -0.05) is 17.7 Å². The number of nitrogens with one attached hydrogen (secondary N) is 3. The number of hydrogen-bond donors (Lipinski definition) is 3. The Bertz CT molecular complexity index is 779. The Morgan fingerprint density at radius 3 is 2.22 bits per heavy atom. The van der Waals surface area contributed by atoms with E-state index >= 15 is 0 Å². The number of amides is 2. The molecule has 0 spiro atoms. The van der Waals surface area contributed by atoms with Crippen LogP contribution in [0.15, 0.2) is 23.1 Å². The van der Waals surface area contributed by atoms with E-state index in [-0.39, 0.29) is 40.8 Å². The average Bonchev–Trinajstić information content (AvgIpc) is 2.52. The van der Waals surface area contributed by atoms with Crippen LogP contribution in [0.2, 0.25) is 5.02 Å².